The van der Waals surface area contributed by atoms with Gasteiger partial charge in [0.25, 0.3) is 0 Å². The second kappa shape index (κ2) is 8.75. The van der Waals surface area contributed by atoms with Crippen LogP contribution in [0.5, 0.6) is 0 Å². The normalized spacial score (nSPS) is 10.7. The summed E-state index contributed by atoms with van der Waals surface area (Å²) in [6.45, 7) is 5.58. The lowest BCUT2D eigenvalue weighted by atomic mass is 10.1. The molecule has 0 aliphatic heterocycles. The van der Waals surface area contributed by atoms with Crippen LogP contribution in [0.3, 0.4) is 0 Å². The van der Waals surface area contributed by atoms with E-state index in [-0.39, 0.29) is 24.2 Å². The second-order valence-corrected chi connectivity index (χ2v) is 7.64. The Morgan fingerprint density at radius 3 is 2.71 bits per heavy atom. The Bertz CT molecular complexity index is 983. The summed E-state index contributed by atoms with van der Waals surface area (Å²) < 4.78 is 0. The third-order valence-corrected chi connectivity index (χ3v) is 5.05. The van der Waals surface area contributed by atoms with Crippen LogP contribution in [-0.2, 0) is 16.0 Å². The molecule has 3 aromatic rings. The molecule has 144 valence electrons. The van der Waals surface area contributed by atoms with Crippen LogP contribution in [0.1, 0.15) is 25.1 Å². The van der Waals surface area contributed by atoms with Gasteiger partial charge in [0.1, 0.15) is 5.01 Å². The standard InChI is InChI=1S/C21H22N4O2S/c1-13(2)20(27)23-16-7-6-14(3)18(9-16)25-19(26)10-17-12-28-21(24-17)15-5-4-8-22-11-15/h4-9,11-13H,10H2,1-3H3,(H,23,27)(H,25,26). The van der Waals surface area contributed by atoms with Gasteiger partial charge in [-0.25, -0.2) is 4.98 Å². The Morgan fingerprint density at radius 2 is 2.00 bits per heavy atom. The number of hydrogen-bond donors (Lipinski definition) is 2. The fourth-order valence-corrected chi connectivity index (χ4v) is 3.30. The first-order valence-electron chi connectivity index (χ1n) is 8.98. The number of anilines is 2. The Labute approximate surface area is 168 Å². The number of nitrogens with zero attached hydrogens (tertiary/aromatic N) is 2. The van der Waals surface area contributed by atoms with Crippen molar-refractivity contribution in [3.8, 4) is 10.6 Å². The van der Waals surface area contributed by atoms with E-state index in [0.717, 1.165) is 16.1 Å². The number of aromatic nitrogens is 2. The summed E-state index contributed by atoms with van der Waals surface area (Å²) in [7, 11) is 0. The van der Waals surface area contributed by atoms with Crippen molar-refractivity contribution in [2.45, 2.75) is 27.2 Å². The number of hydrogen-bond acceptors (Lipinski definition) is 5. The van der Waals surface area contributed by atoms with E-state index < -0.39 is 0 Å². The summed E-state index contributed by atoms with van der Waals surface area (Å²) in [5, 5.41) is 8.48. The summed E-state index contributed by atoms with van der Waals surface area (Å²) in [4.78, 5) is 33.0. The lowest BCUT2D eigenvalue weighted by Gasteiger charge is -2.12. The fraction of sp³-hybridized carbons (Fsp3) is 0.238. The van der Waals surface area contributed by atoms with Gasteiger partial charge in [0, 0.05) is 40.6 Å². The highest BCUT2D eigenvalue weighted by molar-refractivity contribution is 7.13. The van der Waals surface area contributed by atoms with E-state index in [0.29, 0.717) is 17.1 Å². The molecular formula is C21H22N4O2S. The summed E-state index contributed by atoms with van der Waals surface area (Å²) in [6, 6.07) is 9.27. The molecule has 7 heteroatoms. The Balaban J connectivity index is 1.66. The maximum Gasteiger partial charge on any atom is 0.230 e. The first kappa shape index (κ1) is 19.7. The summed E-state index contributed by atoms with van der Waals surface area (Å²) in [6.07, 6.45) is 3.65. The average molecular weight is 395 g/mol. The van der Waals surface area contributed by atoms with Crippen LogP contribution in [0.15, 0.2) is 48.1 Å². The van der Waals surface area contributed by atoms with Gasteiger partial charge in [0.05, 0.1) is 12.1 Å². The third kappa shape index (κ3) is 5.01. The highest BCUT2D eigenvalue weighted by atomic mass is 32.1. The van der Waals surface area contributed by atoms with Crippen molar-refractivity contribution in [1.29, 1.82) is 0 Å². The van der Waals surface area contributed by atoms with Crippen LogP contribution in [0.4, 0.5) is 11.4 Å². The first-order valence-corrected chi connectivity index (χ1v) is 9.86. The number of amides is 2. The zero-order valence-corrected chi connectivity index (χ0v) is 16.8. The molecule has 2 amide bonds. The monoisotopic (exact) mass is 394 g/mol. The van der Waals surface area contributed by atoms with Gasteiger partial charge in [-0.05, 0) is 36.8 Å². The molecule has 0 unspecified atom stereocenters. The summed E-state index contributed by atoms with van der Waals surface area (Å²) in [5.74, 6) is -0.331. The summed E-state index contributed by atoms with van der Waals surface area (Å²) >= 11 is 1.49. The molecule has 0 saturated heterocycles. The Hall–Kier alpha value is -3.06. The van der Waals surface area contributed by atoms with Gasteiger partial charge < -0.3 is 10.6 Å². The molecule has 3 rings (SSSR count). The molecule has 0 aliphatic carbocycles. The van der Waals surface area contributed by atoms with E-state index in [9.17, 15) is 9.59 Å². The quantitative estimate of drug-likeness (QED) is 0.653. The molecule has 0 radical (unpaired) electrons. The van der Waals surface area contributed by atoms with E-state index in [1.54, 1.807) is 18.5 Å². The van der Waals surface area contributed by atoms with Gasteiger partial charge in [0.2, 0.25) is 11.8 Å². The highest BCUT2D eigenvalue weighted by Crippen LogP contribution is 2.24. The molecule has 0 atom stereocenters. The number of carbonyl (C=O) groups excluding carboxylic acids is 2. The van der Waals surface area contributed by atoms with Crippen molar-refractivity contribution >= 4 is 34.5 Å². The zero-order valence-electron chi connectivity index (χ0n) is 16.0. The third-order valence-electron chi connectivity index (χ3n) is 4.11. The van der Waals surface area contributed by atoms with Crippen molar-refractivity contribution in [3.05, 3.63) is 59.4 Å². The minimum absolute atomic E-state index is 0.0634. The van der Waals surface area contributed by atoms with E-state index in [2.05, 4.69) is 20.6 Å². The minimum atomic E-state index is -0.154. The minimum Gasteiger partial charge on any atom is -0.326 e. The molecule has 0 spiro atoms. The lowest BCUT2D eigenvalue weighted by Crippen LogP contribution is -2.19. The number of carbonyl (C=O) groups is 2. The number of aryl methyl sites for hydroxylation is 1. The molecule has 0 aliphatic rings. The van der Waals surface area contributed by atoms with Crippen molar-refractivity contribution in [3.63, 3.8) is 0 Å². The van der Waals surface area contributed by atoms with Gasteiger partial charge in [-0.3, -0.25) is 14.6 Å². The van der Waals surface area contributed by atoms with Crippen LogP contribution in [0.25, 0.3) is 10.6 Å². The average Bonchev–Trinajstić information content (AvgIpc) is 3.13. The molecule has 28 heavy (non-hydrogen) atoms. The molecule has 2 heterocycles. The van der Waals surface area contributed by atoms with Gasteiger partial charge in [-0.1, -0.05) is 19.9 Å². The predicted molar refractivity (Wildman–Crippen MR) is 112 cm³/mol. The van der Waals surface area contributed by atoms with Crippen LogP contribution in [0, 0.1) is 12.8 Å². The van der Waals surface area contributed by atoms with Crippen molar-refractivity contribution in [2.24, 2.45) is 5.92 Å². The first-order chi connectivity index (χ1) is 13.4. The second-order valence-electron chi connectivity index (χ2n) is 6.78. The Kier molecular flexibility index (Phi) is 6.16. The lowest BCUT2D eigenvalue weighted by molar-refractivity contribution is -0.119. The number of nitrogens with one attached hydrogen (secondary N) is 2. The number of rotatable bonds is 6. The van der Waals surface area contributed by atoms with Gasteiger partial charge in [-0.2, -0.15) is 0 Å². The molecule has 2 N–H and O–H groups in total. The number of thiazole rings is 1. The van der Waals surface area contributed by atoms with Crippen LogP contribution in [0.2, 0.25) is 0 Å². The van der Waals surface area contributed by atoms with E-state index in [4.69, 9.17) is 0 Å². The zero-order chi connectivity index (χ0) is 20.1. The maximum atomic E-state index is 12.5. The topological polar surface area (TPSA) is 84.0 Å². The largest absolute Gasteiger partial charge is 0.326 e. The predicted octanol–water partition coefficient (Wildman–Crippen LogP) is 4.29. The van der Waals surface area contributed by atoms with E-state index >= 15 is 0 Å². The molecule has 0 bridgehead atoms. The smallest absolute Gasteiger partial charge is 0.230 e. The van der Waals surface area contributed by atoms with Crippen LogP contribution >= 0.6 is 11.3 Å². The summed E-state index contributed by atoms with van der Waals surface area (Å²) in [5.41, 5.74) is 3.90. The van der Waals surface area contributed by atoms with E-state index in [1.807, 2.05) is 50.4 Å². The Morgan fingerprint density at radius 1 is 1.18 bits per heavy atom. The molecular weight excluding hydrogens is 372 g/mol. The van der Waals surface area contributed by atoms with Gasteiger partial charge in [-0.15, -0.1) is 11.3 Å². The number of benzene rings is 1. The van der Waals surface area contributed by atoms with Crippen molar-refractivity contribution in [2.75, 3.05) is 10.6 Å². The van der Waals surface area contributed by atoms with Crippen molar-refractivity contribution in [1.82, 2.24) is 9.97 Å². The van der Waals surface area contributed by atoms with Gasteiger partial charge in [0.15, 0.2) is 0 Å². The van der Waals surface area contributed by atoms with Crippen LogP contribution < -0.4 is 10.6 Å². The molecule has 6 nitrogen and oxygen atoms in total. The SMILES string of the molecule is Cc1ccc(NC(=O)C(C)C)cc1NC(=O)Cc1csc(-c2cccnc2)n1. The fourth-order valence-electron chi connectivity index (χ4n) is 2.49. The van der Waals surface area contributed by atoms with Crippen molar-refractivity contribution < 1.29 is 9.59 Å². The maximum absolute atomic E-state index is 12.5. The number of pyridine rings is 1. The van der Waals surface area contributed by atoms with Crippen LogP contribution in [-0.4, -0.2) is 21.8 Å². The molecule has 0 saturated carbocycles. The highest BCUT2D eigenvalue weighted by Gasteiger charge is 2.12. The molecule has 2 aromatic heterocycles. The van der Waals surface area contributed by atoms with E-state index in [1.165, 1.54) is 11.3 Å². The molecule has 0 fully saturated rings. The molecule has 1 aromatic carbocycles. The van der Waals surface area contributed by atoms with Gasteiger partial charge >= 0.3 is 0 Å².